The highest BCUT2D eigenvalue weighted by Gasteiger charge is 2.34. The van der Waals surface area contributed by atoms with E-state index in [1.807, 2.05) is 0 Å². The van der Waals surface area contributed by atoms with Crippen molar-refractivity contribution in [1.29, 1.82) is 0 Å². The second-order valence-electron chi connectivity index (χ2n) is 8.48. The number of likely N-dealkylation sites (tertiary alicyclic amines) is 1. The monoisotopic (exact) mass is 433 g/mol. The van der Waals surface area contributed by atoms with Crippen LogP contribution in [0.2, 0.25) is 0 Å². The van der Waals surface area contributed by atoms with Crippen molar-refractivity contribution in [2.24, 2.45) is 11.7 Å². The Labute approximate surface area is 184 Å². The lowest BCUT2D eigenvalue weighted by Crippen LogP contribution is -2.47. The molecule has 1 aliphatic heterocycles. The lowest BCUT2D eigenvalue weighted by molar-refractivity contribution is -0.138. The molecule has 1 atom stereocenters. The average Bonchev–Trinajstić information content (AvgIpc) is 3.28. The van der Waals surface area contributed by atoms with Crippen molar-refractivity contribution in [3.63, 3.8) is 0 Å². The van der Waals surface area contributed by atoms with E-state index >= 15 is 0 Å². The normalized spacial score (nSPS) is 23.4. The van der Waals surface area contributed by atoms with E-state index in [4.69, 9.17) is 19.9 Å². The maximum atomic E-state index is 13.0. The van der Waals surface area contributed by atoms with Crippen LogP contribution in [0.1, 0.15) is 44.1 Å². The van der Waals surface area contributed by atoms with Crippen molar-refractivity contribution in [3.8, 4) is 17.2 Å². The number of hydrogen-bond donors (Lipinski definition) is 2. The molecule has 2 amide bonds. The van der Waals surface area contributed by atoms with Gasteiger partial charge in [0.2, 0.25) is 17.6 Å². The molecule has 2 fully saturated rings. The van der Waals surface area contributed by atoms with Gasteiger partial charge in [-0.2, -0.15) is 0 Å². The molecule has 1 heterocycles. The minimum absolute atomic E-state index is 0.0504. The largest absolute Gasteiger partial charge is 0.493 e. The number of nitrogens with two attached hydrogens (primary N) is 1. The van der Waals surface area contributed by atoms with E-state index < -0.39 is 6.04 Å². The van der Waals surface area contributed by atoms with Crippen LogP contribution in [-0.4, -0.2) is 63.2 Å². The van der Waals surface area contributed by atoms with Gasteiger partial charge < -0.3 is 30.2 Å². The summed E-state index contributed by atoms with van der Waals surface area (Å²) in [5.41, 5.74) is 6.72. The molecule has 1 aromatic rings. The summed E-state index contributed by atoms with van der Waals surface area (Å²) >= 11 is 0. The standard InChI is InChI=1S/C23H35N3O5/c1-29-19-11-16(12-20(30-2)22(19)31-3)13-21(27)26-10-4-5-18(26)23(28)25-14-15-6-8-17(24)9-7-15/h11-12,15,17-18H,4-10,13-14,24H2,1-3H3,(H,25,28)/t15?,17?,18-/m0/s1. The number of carbonyl (C=O) groups is 2. The van der Waals surface area contributed by atoms with Crippen molar-refractivity contribution >= 4 is 11.8 Å². The number of benzene rings is 1. The number of nitrogens with one attached hydrogen (secondary N) is 1. The zero-order chi connectivity index (χ0) is 22.4. The fraction of sp³-hybridized carbons (Fsp3) is 0.652. The maximum absolute atomic E-state index is 13.0. The molecule has 172 valence electrons. The summed E-state index contributed by atoms with van der Waals surface area (Å²) in [6.07, 6.45) is 5.83. The third kappa shape index (κ3) is 5.61. The van der Waals surface area contributed by atoms with Crippen LogP contribution >= 0.6 is 0 Å². The van der Waals surface area contributed by atoms with Crippen molar-refractivity contribution in [1.82, 2.24) is 10.2 Å². The Bertz CT molecular complexity index is 751. The fourth-order valence-electron chi connectivity index (χ4n) is 4.61. The number of nitrogens with zero attached hydrogens (tertiary/aromatic N) is 1. The van der Waals surface area contributed by atoms with E-state index in [9.17, 15) is 9.59 Å². The first-order valence-corrected chi connectivity index (χ1v) is 11.1. The first-order chi connectivity index (χ1) is 15.0. The molecule has 1 saturated heterocycles. The predicted octanol–water partition coefficient (Wildman–Crippen LogP) is 1.88. The molecule has 1 saturated carbocycles. The van der Waals surface area contributed by atoms with Gasteiger partial charge in [-0.15, -0.1) is 0 Å². The summed E-state index contributed by atoms with van der Waals surface area (Å²) in [7, 11) is 4.63. The summed E-state index contributed by atoms with van der Waals surface area (Å²) in [5.74, 6) is 1.86. The topological polar surface area (TPSA) is 103 Å². The van der Waals surface area contributed by atoms with Gasteiger partial charge in [-0.05, 0) is 62.1 Å². The molecule has 0 bridgehead atoms. The van der Waals surface area contributed by atoms with Gasteiger partial charge in [0.1, 0.15) is 6.04 Å². The van der Waals surface area contributed by atoms with Crippen LogP contribution in [0, 0.1) is 5.92 Å². The Hall–Kier alpha value is -2.48. The number of amides is 2. The van der Waals surface area contributed by atoms with Crippen molar-refractivity contribution < 1.29 is 23.8 Å². The average molecular weight is 434 g/mol. The van der Waals surface area contributed by atoms with Gasteiger partial charge >= 0.3 is 0 Å². The van der Waals surface area contributed by atoms with Gasteiger partial charge in [0, 0.05) is 19.1 Å². The molecule has 1 aliphatic carbocycles. The molecule has 0 unspecified atom stereocenters. The SMILES string of the molecule is COc1cc(CC(=O)N2CCC[C@H]2C(=O)NCC2CCC(N)CC2)cc(OC)c1OC. The minimum atomic E-state index is -0.402. The second kappa shape index (κ2) is 10.7. The number of ether oxygens (including phenoxy) is 3. The summed E-state index contributed by atoms with van der Waals surface area (Å²) in [5, 5.41) is 3.08. The number of rotatable bonds is 8. The lowest BCUT2D eigenvalue weighted by atomic mass is 9.86. The van der Waals surface area contributed by atoms with E-state index in [-0.39, 0.29) is 18.2 Å². The van der Waals surface area contributed by atoms with Gasteiger partial charge in [-0.1, -0.05) is 0 Å². The van der Waals surface area contributed by atoms with Gasteiger partial charge in [0.25, 0.3) is 0 Å². The fourth-order valence-corrected chi connectivity index (χ4v) is 4.61. The van der Waals surface area contributed by atoms with E-state index in [1.165, 1.54) is 0 Å². The maximum Gasteiger partial charge on any atom is 0.242 e. The first-order valence-electron chi connectivity index (χ1n) is 11.1. The van der Waals surface area contributed by atoms with Crippen molar-refractivity contribution in [2.75, 3.05) is 34.4 Å². The smallest absolute Gasteiger partial charge is 0.242 e. The van der Waals surface area contributed by atoms with Gasteiger partial charge in [-0.25, -0.2) is 0 Å². The highest BCUT2D eigenvalue weighted by molar-refractivity contribution is 5.89. The van der Waals surface area contributed by atoms with Crippen LogP contribution in [0.5, 0.6) is 17.2 Å². The van der Waals surface area contributed by atoms with E-state index in [0.29, 0.717) is 48.7 Å². The zero-order valence-electron chi connectivity index (χ0n) is 18.8. The molecule has 0 radical (unpaired) electrons. The lowest BCUT2D eigenvalue weighted by Gasteiger charge is -2.28. The third-order valence-corrected chi connectivity index (χ3v) is 6.41. The Morgan fingerprint density at radius 3 is 2.26 bits per heavy atom. The molecule has 31 heavy (non-hydrogen) atoms. The molecule has 8 heteroatoms. The van der Waals surface area contributed by atoms with Crippen LogP contribution in [0.25, 0.3) is 0 Å². The Morgan fingerprint density at radius 2 is 1.68 bits per heavy atom. The van der Waals surface area contributed by atoms with E-state index in [2.05, 4.69) is 5.32 Å². The van der Waals surface area contributed by atoms with E-state index in [0.717, 1.165) is 37.7 Å². The number of hydrogen-bond acceptors (Lipinski definition) is 6. The first kappa shape index (κ1) is 23.2. The molecular formula is C23H35N3O5. The Kier molecular flexibility index (Phi) is 8.01. The predicted molar refractivity (Wildman–Crippen MR) is 117 cm³/mol. The Morgan fingerprint density at radius 1 is 1.03 bits per heavy atom. The summed E-state index contributed by atoms with van der Waals surface area (Å²) in [6.45, 7) is 1.26. The molecule has 3 rings (SSSR count). The zero-order valence-corrected chi connectivity index (χ0v) is 18.8. The molecule has 0 aromatic heterocycles. The van der Waals surface area contributed by atoms with Crippen LogP contribution in [0.15, 0.2) is 12.1 Å². The molecular weight excluding hydrogens is 398 g/mol. The highest BCUT2D eigenvalue weighted by Crippen LogP contribution is 2.38. The summed E-state index contributed by atoms with van der Waals surface area (Å²) in [4.78, 5) is 27.6. The molecule has 0 spiro atoms. The van der Waals surface area contributed by atoms with Crippen LogP contribution in [0.4, 0.5) is 0 Å². The van der Waals surface area contributed by atoms with Gasteiger partial charge in [0.15, 0.2) is 11.5 Å². The van der Waals surface area contributed by atoms with Crippen molar-refractivity contribution in [2.45, 2.75) is 57.0 Å². The Balaban J connectivity index is 1.61. The number of methoxy groups -OCH3 is 3. The van der Waals surface area contributed by atoms with Crippen LogP contribution in [-0.2, 0) is 16.0 Å². The second-order valence-corrected chi connectivity index (χ2v) is 8.48. The highest BCUT2D eigenvalue weighted by atomic mass is 16.5. The number of carbonyl (C=O) groups excluding carboxylic acids is 2. The molecule has 8 nitrogen and oxygen atoms in total. The van der Waals surface area contributed by atoms with Gasteiger partial charge in [0.05, 0.1) is 27.8 Å². The molecule has 2 aliphatic rings. The van der Waals surface area contributed by atoms with Gasteiger partial charge in [-0.3, -0.25) is 9.59 Å². The molecule has 1 aromatic carbocycles. The van der Waals surface area contributed by atoms with E-state index in [1.54, 1.807) is 38.4 Å². The summed E-state index contributed by atoms with van der Waals surface area (Å²) in [6, 6.07) is 3.45. The minimum Gasteiger partial charge on any atom is -0.493 e. The summed E-state index contributed by atoms with van der Waals surface area (Å²) < 4.78 is 16.1. The van der Waals surface area contributed by atoms with Crippen molar-refractivity contribution in [3.05, 3.63) is 17.7 Å². The van der Waals surface area contributed by atoms with Crippen LogP contribution in [0.3, 0.4) is 0 Å². The quantitative estimate of drug-likeness (QED) is 0.649. The van der Waals surface area contributed by atoms with Crippen LogP contribution < -0.4 is 25.3 Å². The third-order valence-electron chi connectivity index (χ3n) is 6.41. The molecule has 3 N–H and O–H groups in total.